The minimum absolute atomic E-state index is 0.166. The molecule has 6 heteroatoms. The van der Waals surface area contributed by atoms with Crippen molar-refractivity contribution in [2.24, 2.45) is 0 Å². The van der Waals surface area contributed by atoms with Crippen LogP contribution in [-0.2, 0) is 10.0 Å². The Balaban J connectivity index is 2.47. The molecule has 0 fully saturated rings. The minimum atomic E-state index is -3.69. The number of sulfonamides is 1. The minimum Gasteiger partial charge on any atom is -0.399 e. The molecule has 0 unspecified atom stereocenters. The van der Waals surface area contributed by atoms with Crippen molar-refractivity contribution < 1.29 is 8.42 Å². The number of nitrogen functional groups attached to an aromatic ring is 1. The predicted molar refractivity (Wildman–Crippen MR) is 82.3 cm³/mol. The van der Waals surface area contributed by atoms with Gasteiger partial charge in [0.25, 0.3) is 10.0 Å². The van der Waals surface area contributed by atoms with Gasteiger partial charge in [-0.2, -0.15) is 5.26 Å². The molecule has 2 N–H and O–H groups in total. The molecule has 21 heavy (non-hydrogen) atoms. The fourth-order valence-electron chi connectivity index (χ4n) is 1.88. The lowest BCUT2D eigenvalue weighted by Crippen LogP contribution is -2.26. The molecule has 0 saturated carbocycles. The van der Waals surface area contributed by atoms with Gasteiger partial charge in [0.1, 0.15) is 0 Å². The summed E-state index contributed by atoms with van der Waals surface area (Å²) in [5, 5.41) is 8.90. The molecule has 0 amide bonds. The van der Waals surface area contributed by atoms with Crippen molar-refractivity contribution in [3.8, 4) is 6.07 Å². The Morgan fingerprint density at radius 2 is 1.90 bits per heavy atom. The summed E-state index contributed by atoms with van der Waals surface area (Å²) in [6.45, 7) is 1.75. The largest absolute Gasteiger partial charge is 0.399 e. The third-order valence-corrected chi connectivity index (χ3v) is 5.02. The second-order valence-electron chi connectivity index (χ2n) is 4.65. The van der Waals surface area contributed by atoms with Gasteiger partial charge in [-0.3, -0.25) is 4.31 Å². The summed E-state index contributed by atoms with van der Waals surface area (Å²) >= 11 is 0. The van der Waals surface area contributed by atoms with Gasteiger partial charge in [-0.15, -0.1) is 0 Å². The molecule has 2 aromatic rings. The van der Waals surface area contributed by atoms with Crippen LogP contribution in [0.15, 0.2) is 47.4 Å². The van der Waals surface area contributed by atoms with Crippen LogP contribution in [0.3, 0.4) is 0 Å². The molecule has 0 radical (unpaired) electrons. The van der Waals surface area contributed by atoms with Crippen LogP contribution in [-0.4, -0.2) is 15.5 Å². The zero-order valence-corrected chi connectivity index (χ0v) is 12.6. The molecule has 0 bridgehead atoms. The van der Waals surface area contributed by atoms with Crippen LogP contribution in [0, 0.1) is 18.3 Å². The van der Waals surface area contributed by atoms with Gasteiger partial charge in [-0.25, -0.2) is 8.42 Å². The molecule has 0 spiro atoms. The van der Waals surface area contributed by atoms with E-state index in [9.17, 15) is 8.42 Å². The van der Waals surface area contributed by atoms with Gasteiger partial charge < -0.3 is 5.73 Å². The molecule has 2 rings (SSSR count). The molecule has 5 nitrogen and oxygen atoms in total. The summed E-state index contributed by atoms with van der Waals surface area (Å²) < 4.78 is 26.3. The first-order valence-electron chi connectivity index (χ1n) is 6.21. The number of nitrogens with two attached hydrogens (primary N) is 1. The Kier molecular flexibility index (Phi) is 3.87. The number of hydrogen-bond acceptors (Lipinski definition) is 4. The molecule has 0 aromatic heterocycles. The summed E-state index contributed by atoms with van der Waals surface area (Å²) in [4.78, 5) is 0.166. The van der Waals surface area contributed by atoms with Gasteiger partial charge in [0.05, 0.1) is 22.2 Å². The number of hydrogen-bond donors (Lipinski definition) is 1. The van der Waals surface area contributed by atoms with E-state index in [0.29, 0.717) is 22.5 Å². The Hall–Kier alpha value is -2.52. The molecule has 0 aliphatic rings. The van der Waals surface area contributed by atoms with Crippen molar-refractivity contribution >= 4 is 21.4 Å². The number of anilines is 2. The second kappa shape index (κ2) is 5.46. The summed E-state index contributed by atoms with van der Waals surface area (Å²) in [6.07, 6.45) is 0. The van der Waals surface area contributed by atoms with Gasteiger partial charge >= 0.3 is 0 Å². The van der Waals surface area contributed by atoms with Gasteiger partial charge in [0, 0.05) is 12.7 Å². The third kappa shape index (κ3) is 2.83. The van der Waals surface area contributed by atoms with Crippen LogP contribution in [0.2, 0.25) is 0 Å². The fraction of sp³-hybridized carbons (Fsp3) is 0.133. The molecule has 0 aliphatic carbocycles. The summed E-state index contributed by atoms with van der Waals surface area (Å²) in [5.41, 5.74) is 7.80. The highest BCUT2D eigenvalue weighted by atomic mass is 32.2. The van der Waals surface area contributed by atoms with Crippen LogP contribution in [0.1, 0.15) is 11.1 Å². The molecular formula is C15H15N3O2S. The Morgan fingerprint density at radius 3 is 2.52 bits per heavy atom. The van der Waals surface area contributed by atoms with Crippen molar-refractivity contribution in [1.82, 2.24) is 0 Å². The maximum Gasteiger partial charge on any atom is 0.264 e. The lowest BCUT2D eigenvalue weighted by Gasteiger charge is -2.20. The molecule has 0 atom stereocenters. The second-order valence-corrected chi connectivity index (χ2v) is 6.62. The lowest BCUT2D eigenvalue weighted by atomic mass is 10.2. The van der Waals surface area contributed by atoms with Gasteiger partial charge in [0.15, 0.2) is 0 Å². The maximum absolute atomic E-state index is 12.6. The van der Waals surface area contributed by atoms with Crippen molar-refractivity contribution in [2.45, 2.75) is 11.8 Å². The predicted octanol–water partition coefficient (Wildman–Crippen LogP) is 2.27. The van der Waals surface area contributed by atoms with E-state index in [1.165, 1.54) is 25.2 Å². The third-order valence-electron chi connectivity index (χ3n) is 3.24. The molecule has 0 heterocycles. The molecule has 0 aliphatic heterocycles. The van der Waals surface area contributed by atoms with Crippen LogP contribution in [0.25, 0.3) is 0 Å². The van der Waals surface area contributed by atoms with Crippen molar-refractivity contribution in [3.63, 3.8) is 0 Å². The van der Waals surface area contributed by atoms with Crippen LogP contribution < -0.4 is 10.0 Å². The zero-order valence-electron chi connectivity index (χ0n) is 11.7. The number of nitrogens with zero attached hydrogens (tertiary/aromatic N) is 2. The Bertz CT molecular complexity index is 823. The molecule has 0 saturated heterocycles. The molecular weight excluding hydrogens is 286 g/mol. The van der Waals surface area contributed by atoms with E-state index in [4.69, 9.17) is 11.0 Å². The highest BCUT2D eigenvalue weighted by molar-refractivity contribution is 7.92. The van der Waals surface area contributed by atoms with E-state index < -0.39 is 10.0 Å². The topological polar surface area (TPSA) is 87.2 Å². The molecule has 108 valence electrons. The van der Waals surface area contributed by atoms with Crippen molar-refractivity contribution in [3.05, 3.63) is 53.6 Å². The number of nitriles is 1. The van der Waals surface area contributed by atoms with Crippen LogP contribution in [0.4, 0.5) is 11.4 Å². The van der Waals surface area contributed by atoms with Crippen LogP contribution in [0.5, 0.6) is 0 Å². The van der Waals surface area contributed by atoms with E-state index in [1.54, 1.807) is 31.2 Å². The first-order valence-corrected chi connectivity index (χ1v) is 7.65. The number of rotatable bonds is 3. The maximum atomic E-state index is 12.6. The van der Waals surface area contributed by atoms with Crippen molar-refractivity contribution in [2.75, 3.05) is 17.1 Å². The van der Waals surface area contributed by atoms with E-state index in [0.717, 1.165) is 4.31 Å². The highest BCUT2D eigenvalue weighted by Gasteiger charge is 2.21. The summed E-state index contributed by atoms with van der Waals surface area (Å²) in [6, 6.07) is 13.0. The molecule has 2 aromatic carbocycles. The monoisotopic (exact) mass is 301 g/mol. The van der Waals surface area contributed by atoms with E-state index in [-0.39, 0.29) is 4.90 Å². The Labute approximate surface area is 124 Å². The fourth-order valence-corrected chi connectivity index (χ4v) is 3.15. The standard InChI is InChI=1S/C15H15N3O2S/c1-11-8-14(6-7-15(11)17)21(19,20)18(2)13-5-3-4-12(9-13)10-16/h3-9H,17H2,1-2H3. The average Bonchev–Trinajstić information content (AvgIpc) is 2.49. The van der Waals surface area contributed by atoms with Gasteiger partial charge in [-0.1, -0.05) is 6.07 Å². The number of benzene rings is 2. The lowest BCUT2D eigenvalue weighted by molar-refractivity contribution is 0.594. The van der Waals surface area contributed by atoms with E-state index in [2.05, 4.69) is 0 Å². The summed E-state index contributed by atoms with van der Waals surface area (Å²) in [5.74, 6) is 0. The average molecular weight is 301 g/mol. The van der Waals surface area contributed by atoms with E-state index >= 15 is 0 Å². The van der Waals surface area contributed by atoms with Gasteiger partial charge in [0.2, 0.25) is 0 Å². The first kappa shape index (κ1) is 14.9. The van der Waals surface area contributed by atoms with E-state index in [1.807, 2.05) is 6.07 Å². The van der Waals surface area contributed by atoms with Crippen molar-refractivity contribution in [1.29, 1.82) is 5.26 Å². The highest BCUT2D eigenvalue weighted by Crippen LogP contribution is 2.24. The smallest absolute Gasteiger partial charge is 0.264 e. The normalized spacial score (nSPS) is 10.9. The Morgan fingerprint density at radius 1 is 1.19 bits per heavy atom. The summed E-state index contributed by atoms with van der Waals surface area (Å²) in [7, 11) is -2.23. The van der Waals surface area contributed by atoms with Crippen LogP contribution >= 0.6 is 0 Å². The quantitative estimate of drug-likeness (QED) is 0.881. The van der Waals surface area contributed by atoms with Gasteiger partial charge in [-0.05, 0) is 48.9 Å². The zero-order chi connectivity index (χ0) is 15.6. The SMILES string of the molecule is Cc1cc(S(=O)(=O)N(C)c2cccc(C#N)c2)ccc1N. The number of aryl methyl sites for hydroxylation is 1. The first-order chi connectivity index (χ1) is 9.86.